The zero-order valence-corrected chi connectivity index (χ0v) is 15.6. The van der Waals surface area contributed by atoms with Gasteiger partial charge in [0.05, 0.1) is 6.04 Å². The van der Waals surface area contributed by atoms with E-state index in [-0.39, 0.29) is 6.04 Å². The second-order valence-corrected chi connectivity index (χ2v) is 6.58. The molecule has 134 valence electrons. The molecule has 0 saturated carbocycles. The lowest BCUT2D eigenvalue weighted by Crippen LogP contribution is -2.40. The number of carbonyl (C=O) groups excluding carboxylic acids is 2. The van der Waals surface area contributed by atoms with Crippen LogP contribution in [0.4, 0.5) is 5.69 Å². The van der Waals surface area contributed by atoms with Gasteiger partial charge in [-0.15, -0.1) is 0 Å². The molecule has 0 spiro atoms. The van der Waals surface area contributed by atoms with Crippen molar-refractivity contribution in [2.75, 3.05) is 26.0 Å². The highest BCUT2D eigenvalue weighted by atomic mass is 35.5. The number of halogens is 1. The van der Waals surface area contributed by atoms with E-state index in [0.717, 1.165) is 11.3 Å². The summed E-state index contributed by atoms with van der Waals surface area (Å²) in [6.45, 7) is 2.16. The molecule has 1 aromatic heterocycles. The first-order valence-corrected chi connectivity index (χ1v) is 8.30. The highest BCUT2D eigenvalue weighted by Gasteiger charge is 2.20. The standard InChI is InChI=1S/C18H23ClN4O2/c1-12-7-8-13(19)10-14(12)21-18(25)17(24)20-11-16(22(2)3)15-6-5-9-23(15)4/h5-10,16H,11H2,1-4H3,(H,20,24)(H,21,25)/t16-/m1/s1. The van der Waals surface area contributed by atoms with Gasteiger partial charge in [-0.25, -0.2) is 0 Å². The first-order chi connectivity index (χ1) is 11.8. The second kappa shape index (κ2) is 8.18. The largest absolute Gasteiger partial charge is 0.353 e. The number of aromatic nitrogens is 1. The third kappa shape index (κ3) is 4.84. The van der Waals surface area contributed by atoms with E-state index in [9.17, 15) is 9.59 Å². The van der Waals surface area contributed by atoms with Crippen LogP contribution in [-0.2, 0) is 16.6 Å². The summed E-state index contributed by atoms with van der Waals surface area (Å²) in [6, 6.07) is 9.04. The van der Waals surface area contributed by atoms with Gasteiger partial charge >= 0.3 is 11.8 Å². The fourth-order valence-electron chi connectivity index (χ4n) is 2.55. The van der Waals surface area contributed by atoms with Crippen molar-refractivity contribution in [3.8, 4) is 0 Å². The molecule has 0 fully saturated rings. The van der Waals surface area contributed by atoms with Crippen molar-refractivity contribution in [2.45, 2.75) is 13.0 Å². The Bertz CT molecular complexity index is 770. The van der Waals surface area contributed by atoms with Gasteiger partial charge in [-0.05, 0) is 50.8 Å². The average molecular weight is 363 g/mol. The van der Waals surface area contributed by atoms with Gasteiger partial charge in [0.15, 0.2) is 0 Å². The zero-order chi connectivity index (χ0) is 18.6. The fraction of sp³-hybridized carbons (Fsp3) is 0.333. The van der Waals surface area contributed by atoms with Gasteiger partial charge in [-0.1, -0.05) is 17.7 Å². The van der Waals surface area contributed by atoms with Crippen molar-refractivity contribution in [3.05, 3.63) is 52.8 Å². The van der Waals surface area contributed by atoms with Gasteiger partial charge in [-0.2, -0.15) is 0 Å². The maximum Gasteiger partial charge on any atom is 0.313 e. The Hall–Kier alpha value is -2.31. The summed E-state index contributed by atoms with van der Waals surface area (Å²) in [6.07, 6.45) is 1.95. The summed E-state index contributed by atoms with van der Waals surface area (Å²) in [7, 11) is 5.81. The number of likely N-dealkylation sites (N-methyl/N-ethyl adjacent to an activating group) is 1. The molecule has 2 N–H and O–H groups in total. The van der Waals surface area contributed by atoms with Crippen molar-refractivity contribution < 1.29 is 9.59 Å². The van der Waals surface area contributed by atoms with Crippen LogP contribution in [-0.4, -0.2) is 41.9 Å². The summed E-state index contributed by atoms with van der Waals surface area (Å²) in [5.41, 5.74) is 2.41. The molecule has 1 atom stereocenters. The predicted octanol–water partition coefficient (Wildman–Crippen LogP) is 2.34. The van der Waals surface area contributed by atoms with Crippen molar-refractivity contribution in [1.82, 2.24) is 14.8 Å². The summed E-state index contributed by atoms with van der Waals surface area (Å²) in [5.74, 6) is -1.39. The molecule has 0 aliphatic heterocycles. The molecule has 0 aliphatic rings. The van der Waals surface area contributed by atoms with E-state index < -0.39 is 11.8 Å². The SMILES string of the molecule is Cc1ccc(Cl)cc1NC(=O)C(=O)NC[C@H](c1cccn1C)N(C)C. The van der Waals surface area contributed by atoms with E-state index in [4.69, 9.17) is 11.6 Å². The summed E-state index contributed by atoms with van der Waals surface area (Å²) in [5, 5.41) is 5.79. The molecule has 0 aliphatic carbocycles. The molecule has 7 heteroatoms. The van der Waals surface area contributed by atoms with E-state index in [1.54, 1.807) is 18.2 Å². The van der Waals surface area contributed by atoms with Crippen LogP contribution in [0.3, 0.4) is 0 Å². The average Bonchev–Trinajstić information content (AvgIpc) is 2.96. The second-order valence-electron chi connectivity index (χ2n) is 6.15. The molecule has 0 saturated heterocycles. The topological polar surface area (TPSA) is 66.4 Å². The van der Waals surface area contributed by atoms with E-state index in [1.807, 2.05) is 55.9 Å². The molecule has 0 bridgehead atoms. The number of nitrogens with zero attached hydrogens (tertiary/aromatic N) is 2. The molecule has 2 amide bonds. The Morgan fingerprint density at radius 3 is 2.56 bits per heavy atom. The van der Waals surface area contributed by atoms with Crippen LogP contribution >= 0.6 is 11.6 Å². The Morgan fingerprint density at radius 2 is 1.96 bits per heavy atom. The highest BCUT2D eigenvalue weighted by molar-refractivity contribution is 6.40. The minimum absolute atomic E-state index is 0.0374. The van der Waals surface area contributed by atoms with Crippen molar-refractivity contribution in [1.29, 1.82) is 0 Å². The minimum Gasteiger partial charge on any atom is -0.353 e. The van der Waals surface area contributed by atoms with Crippen LogP contribution < -0.4 is 10.6 Å². The lowest BCUT2D eigenvalue weighted by molar-refractivity contribution is -0.136. The number of nitrogens with one attached hydrogen (secondary N) is 2. The molecule has 2 rings (SSSR count). The van der Waals surface area contributed by atoms with E-state index in [1.165, 1.54) is 0 Å². The summed E-state index contributed by atoms with van der Waals surface area (Å²) < 4.78 is 1.99. The van der Waals surface area contributed by atoms with Gasteiger partial charge in [0.1, 0.15) is 0 Å². The monoisotopic (exact) mass is 362 g/mol. The normalized spacial score (nSPS) is 12.1. The van der Waals surface area contributed by atoms with Crippen LogP contribution in [0.1, 0.15) is 17.3 Å². The first kappa shape index (κ1) is 19.0. The van der Waals surface area contributed by atoms with Gasteiger partial charge < -0.3 is 15.2 Å². The number of rotatable bonds is 5. The molecular weight excluding hydrogens is 340 g/mol. The third-order valence-corrected chi connectivity index (χ3v) is 4.29. The molecule has 2 aromatic rings. The Kier molecular flexibility index (Phi) is 6.22. The smallest absolute Gasteiger partial charge is 0.313 e. The van der Waals surface area contributed by atoms with E-state index in [0.29, 0.717) is 17.3 Å². The Labute approximate surface area is 152 Å². The molecule has 1 heterocycles. The maximum atomic E-state index is 12.1. The van der Waals surface area contributed by atoms with Crippen LogP contribution in [0.2, 0.25) is 5.02 Å². The number of aryl methyl sites for hydroxylation is 2. The maximum absolute atomic E-state index is 12.1. The van der Waals surface area contributed by atoms with Crippen LogP contribution in [0.5, 0.6) is 0 Å². The van der Waals surface area contributed by atoms with Crippen LogP contribution in [0.25, 0.3) is 0 Å². The zero-order valence-electron chi connectivity index (χ0n) is 14.8. The minimum atomic E-state index is -0.713. The predicted molar refractivity (Wildman–Crippen MR) is 99.7 cm³/mol. The summed E-state index contributed by atoms with van der Waals surface area (Å²) >= 11 is 5.93. The van der Waals surface area contributed by atoms with Crippen molar-refractivity contribution in [3.63, 3.8) is 0 Å². The van der Waals surface area contributed by atoms with Gasteiger partial charge in [0.25, 0.3) is 0 Å². The molecule has 1 aromatic carbocycles. The Morgan fingerprint density at radius 1 is 1.24 bits per heavy atom. The number of hydrogen-bond acceptors (Lipinski definition) is 3. The number of hydrogen-bond donors (Lipinski definition) is 2. The van der Waals surface area contributed by atoms with Crippen molar-refractivity contribution >= 4 is 29.1 Å². The lowest BCUT2D eigenvalue weighted by Gasteiger charge is -2.25. The number of carbonyl (C=O) groups is 2. The fourth-order valence-corrected chi connectivity index (χ4v) is 2.72. The third-order valence-electron chi connectivity index (χ3n) is 4.06. The van der Waals surface area contributed by atoms with Gasteiger partial charge in [0.2, 0.25) is 0 Å². The summed E-state index contributed by atoms with van der Waals surface area (Å²) in [4.78, 5) is 26.3. The first-order valence-electron chi connectivity index (χ1n) is 7.92. The quantitative estimate of drug-likeness (QED) is 0.802. The molecular formula is C18H23ClN4O2. The lowest BCUT2D eigenvalue weighted by atomic mass is 10.2. The number of anilines is 1. The number of benzene rings is 1. The molecule has 6 nitrogen and oxygen atoms in total. The van der Waals surface area contributed by atoms with E-state index in [2.05, 4.69) is 10.6 Å². The van der Waals surface area contributed by atoms with Crippen LogP contribution in [0.15, 0.2) is 36.5 Å². The molecule has 25 heavy (non-hydrogen) atoms. The van der Waals surface area contributed by atoms with Crippen LogP contribution in [0, 0.1) is 6.92 Å². The number of amides is 2. The van der Waals surface area contributed by atoms with Gasteiger partial charge in [0, 0.05) is 36.2 Å². The van der Waals surface area contributed by atoms with Crippen molar-refractivity contribution in [2.24, 2.45) is 7.05 Å². The van der Waals surface area contributed by atoms with E-state index >= 15 is 0 Å². The van der Waals surface area contributed by atoms with Gasteiger partial charge in [-0.3, -0.25) is 14.5 Å². The molecule has 0 unspecified atom stereocenters. The Balaban J connectivity index is 1.99. The highest BCUT2D eigenvalue weighted by Crippen LogP contribution is 2.20. The molecule has 0 radical (unpaired) electrons.